The number of nitrogens with one attached hydrogen (secondary N) is 1. The minimum Gasteiger partial charge on any atom is -0.346 e. The van der Waals surface area contributed by atoms with Crippen molar-refractivity contribution in [2.45, 2.75) is 13.0 Å². The highest BCUT2D eigenvalue weighted by Crippen LogP contribution is 2.21. The van der Waals surface area contributed by atoms with Crippen LogP contribution < -0.4 is 5.32 Å². The van der Waals surface area contributed by atoms with E-state index in [-0.39, 0.29) is 11.9 Å². The summed E-state index contributed by atoms with van der Waals surface area (Å²) in [5.74, 6) is 0.677. The van der Waals surface area contributed by atoms with Gasteiger partial charge in [0.25, 0.3) is 5.91 Å². The van der Waals surface area contributed by atoms with E-state index in [1.165, 1.54) is 0 Å². The topological polar surface area (TPSA) is 84.5 Å². The number of carbonyl (C=O) groups is 1. The molecule has 0 aliphatic rings. The first kappa shape index (κ1) is 17.5. The Morgan fingerprint density at radius 2 is 1.93 bits per heavy atom. The van der Waals surface area contributed by atoms with E-state index in [0.29, 0.717) is 28.5 Å². The molecule has 138 valence electrons. The molecule has 0 spiro atoms. The van der Waals surface area contributed by atoms with Crippen LogP contribution in [-0.4, -0.2) is 32.2 Å². The number of nitrogens with zero attached hydrogens (tertiary/aromatic N) is 5. The van der Waals surface area contributed by atoms with Crippen molar-refractivity contribution in [3.63, 3.8) is 0 Å². The summed E-state index contributed by atoms with van der Waals surface area (Å²) in [5.41, 5.74) is 2.62. The molecule has 3 aromatic heterocycles. The number of aromatic nitrogens is 4. The molecule has 7 heteroatoms. The zero-order valence-corrected chi connectivity index (χ0v) is 15.3. The van der Waals surface area contributed by atoms with Crippen molar-refractivity contribution in [3.05, 3.63) is 78.0 Å². The van der Waals surface area contributed by atoms with Crippen molar-refractivity contribution in [1.29, 1.82) is 0 Å². The Bertz CT molecular complexity index is 1140. The van der Waals surface area contributed by atoms with Crippen LogP contribution >= 0.6 is 0 Å². The zero-order chi connectivity index (χ0) is 19.5. The van der Waals surface area contributed by atoms with E-state index in [1.807, 2.05) is 55.5 Å². The van der Waals surface area contributed by atoms with Crippen LogP contribution in [0.2, 0.25) is 0 Å². The Morgan fingerprint density at radius 1 is 1.14 bits per heavy atom. The lowest BCUT2D eigenvalue weighted by Gasteiger charge is -2.14. The Hall–Kier alpha value is -3.87. The van der Waals surface area contributed by atoms with E-state index >= 15 is 0 Å². The predicted octanol–water partition coefficient (Wildman–Crippen LogP) is 3.61. The van der Waals surface area contributed by atoms with Crippen molar-refractivity contribution in [3.8, 4) is 11.5 Å². The molecule has 1 N–H and O–H groups in total. The fraction of sp³-hybridized carbons (Fsp3) is 0.0952. The van der Waals surface area contributed by atoms with Crippen LogP contribution in [0.5, 0.6) is 0 Å². The van der Waals surface area contributed by atoms with Crippen molar-refractivity contribution >= 4 is 24.1 Å². The van der Waals surface area contributed by atoms with Gasteiger partial charge in [-0.1, -0.05) is 36.4 Å². The zero-order valence-electron chi connectivity index (χ0n) is 15.3. The largest absolute Gasteiger partial charge is 0.346 e. The summed E-state index contributed by atoms with van der Waals surface area (Å²) in [6, 6.07) is 18.5. The van der Waals surface area contributed by atoms with Crippen LogP contribution in [0.25, 0.3) is 17.2 Å². The van der Waals surface area contributed by atoms with E-state index in [0.717, 1.165) is 5.56 Å². The number of rotatable bonds is 5. The van der Waals surface area contributed by atoms with Crippen LogP contribution in [0.4, 0.5) is 5.82 Å². The average Bonchev–Trinajstić information content (AvgIpc) is 3.18. The minimum atomic E-state index is -0.217. The summed E-state index contributed by atoms with van der Waals surface area (Å²) < 4.78 is 1.55. The molecule has 0 fully saturated rings. The Morgan fingerprint density at radius 3 is 2.64 bits per heavy atom. The molecule has 0 bridgehead atoms. The highest BCUT2D eigenvalue weighted by Gasteiger charge is 2.16. The number of aliphatic imine (C=N–C) groups is 1. The summed E-state index contributed by atoms with van der Waals surface area (Å²) in [5, 5.41) is 7.44. The molecule has 1 aromatic carbocycles. The maximum Gasteiger partial charge on any atom is 0.252 e. The van der Waals surface area contributed by atoms with Crippen LogP contribution in [0.15, 0.2) is 71.9 Å². The van der Waals surface area contributed by atoms with Gasteiger partial charge in [-0.2, -0.15) is 4.52 Å². The van der Waals surface area contributed by atoms with Gasteiger partial charge in [-0.15, -0.1) is 5.10 Å². The van der Waals surface area contributed by atoms with E-state index < -0.39 is 0 Å². The van der Waals surface area contributed by atoms with Gasteiger partial charge in [0.05, 0.1) is 6.04 Å². The second kappa shape index (κ2) is 7.40. The molecule has 1 unspecified atom stereocenters. The summed E-state index contributed by atoms with van der Waals surface area (Å²) in [6.45, 7) is 5.53. The molecule has 0 aliphatic carbocycles. The van der Waals surface area contributed by atoms with Gasteiger partial charge in [0.1, 0.15) is 5.69 Å². The fourth-order valence-electron chi connectivity index (χ4n) is 2.92. The lowest BCUT2D eigenvalue weighted by atomic mass is 10.1. The summed E-state index contributed by atoms with van der Waals surface area (Å²) in [4.78, 5) is 25.5. The van der Waals surface area contributed by atoms with Gasteiger partial charge < -0.3 is 5.32 Å². The van der Waals surface area contributed by atoms with Crippen molar-refractivity contribution in [2.24, 2.45) is 4.99 Å². The van der Waals surface area contributed by atoms with Gasteiger partial charge in [0.15, 0.2) is 11.5 Å². The maximum absolute atomic E-state index is 12.8. The summed E-state index contributed by atoms with van der Waals surface area (Å²) >= 11 is 0. The number of fused-ring (bicyclic) bond motifs is 1. The number of benzene rings is 1. The second-order valence-corrected chi connectivity index (χ2v) is 6.29. The normalized spacial score (nSPS) is 11.9. The highest BCUT2D eigenvalue weighted by atomic mass is 16.1. The van der Waals surface area contributed by atoms with Gasteiger partial charge in [-0.3, -0.25) is 9.78 Å². The van der Waals surface area contributed by atoms with E-state index in [4.69, 9.17) is 0 Å². The van der Waals surface area contributed by atoms with E-state index in [1.54, 1.807) is 22.8 Å². The first-order valence-corrected chi connectivity index (χ1v) is 8.80. The monoisotopic (exact) mass is 370 g/mol. The molecular formula is C21H18N6O. The molecule has 4 aromatic rings. The molecule has 28 heavy (non-hydrogen) atoms. The first-order chi connectivity index (χ1) is 13.7. The quantitative estimate of drug-likeness (QED) is 0.544. The standard InChI is InChI=1S/C21H18N6O/c1-14(15-8-4-3-5-9-15)24-21(28)16-12-18(22-2)27-19(13-16)25-20(26-27)17-10-6-7-11-23-17/h3-14H,2H2,1H3,(H,24,28). The SMILES string of the molecule is C=Nc1cc(C(=O)NC(C)c2ccccc2)cc2nc(-c3ccccn3)nn12. The molecule has 0 saturated heterocycles. The molecule has 4 rings (SSSR count). The molecule has 3 heterocycles. The molecule has 0 aliphatic heterocycles. The number of hydrogen-bond acceptors (Lipinski definition) is 5. The maximum atomic E-state index is 12.8. The fourth-order valence-corrected chi connectivity index (χ4v) is 2.92. The second-order valence-electron chi connectivity index (χ2n) is 6.29. The van der Waals surface area contributed by atoms with Crippen molar-refractivity contribution in [2.75, 3.05) is 0 Å². The van der Waals surface area contributed by atoms with Gasteiger partial charge in [0.2, 0.25) is 5.82 Å². The number of hydrogen-bond donors (Lipinski definition) is 1. The molecule has 0 radical (unpaired) electrons. The number of amides is 1. The van der Waals surface area contributed by atoms with Gasteiger partial charge in [-0.05, 0) is 43.5 Å². The van der Waals surface area contributed by atoms with Gasteiger partial charge in [-0.25, -0.2) is 9.98 Å². The Labute approximate surface area is 161 Å². The molecule has 7 nitrogen and oxygen atoms in total. The molecule has 1 atom stereocenters. The lowest BCUT2D eigenvalue weighted by molar-refractivity contribution is 0.0940. The van der Waals surface area contributed by atoms with Crippen molar-refractivity contribution < 1.29 is 4.79 Å². The number of pyridine rings is 2. The highest BCUT2D eigenvalue weighted by molar-refractivity contribution is 5.96. The van der Waals surface area contributed by atoms with E-state index in [9.17, 15) is 4.79 Å². The van der Waals surface area contributed by atoms with Crippen LogP contribution in [-0.2, 0) is 0 Å². The van der Waals surface area contributed by atoms with Crippen LogP contribution in [0.3, 0.4) is 0 Å². The predicted molar refractivity (Wildman–Crippen MR) is 108 cm³/mol. The lowest BCUT2D eigenvalue weighted by Crippen LogP contribution is -2.26. The van der Waals surface area contributed by atoms with E-state index in [2.05, 4.69) is 32.1 Å². The number of carbonyl (C=O) groups excluding carboxylic acids is 1. The summed E-state index contributed by atoms with van der Waals surface area (Å²) in [6.07, 6.45) is 1.68. The van der Waals surface area contributed by atoms with Crippen LogP contribution in [0, 0.1) is 0 Å². The third-order valence-electron chi connectivity index (χ3n) is 4.38. The Balaban J connectivity index is 1.68. The summed E-state index contributed by atoms with van der Waals surface area (Å²) in [7, 11) is 0. The Kier molecular flexibility index (Phi) is 4.63. The molecular weight excluding hydrogens is 352 g/mol. The minimum absolute atomic E-state index is 0.132. The van der Waals surface area contributed by atoms with Gasteiger partial charge >= 0.3 is 0 Å². The molecule has 0 saturated carbocycles. The third kappa shape index (κ3) is 3.37. The molecule has 1 amide bonds. The average molecular weight is 370 g/mol. The first-order valence-electron chi connectivity index (χ1n) is 8.80. The smallest absolute Gasteiger partial charge is 0.252 e. The third-order valence-corrected chi connectivity index (χ3v) is 4.38. The van der Waals surface area contributed by atoms with Gasteiger partial charge in [0, 0.05) is 11.8 Å². The van der Waals surface area contributed by atoms with Crippen molar-refractivity contribution in [1.82, 2.24) is 24.9 Å². The van der Waals surface area contributed by atoms with Crippen LogP contribution in [0.1, 0.15) is 28.9 Å².